The molecule has 0 aliphatic carbocycles. The lowest BCUT2D eigenvalue weighted by Crippen LogP contribution is -2.48. The first-order valence-corrected chi connectivity index (χ1v) is 4.82. The molecule has 0 fully saturated rings. The number of hydrogen-bond acceptors (Lipinski definition) is 3. The van der Waals surface area contributed by atoms with Crippen LogP contribution in [0.3, 0.4) is 0 Å². The fraction of sp³-hybridized carbons (Fsp3) is 0.364. The summed E-state index contributed by atoms with van der Waals surface area (Å²) in [6.07, 6.45) is 0. The van der Waals surface area contributed by atoms with Gasteiger partial charge in [0.15, 0.2) is 0 Å². The molecule has 0 spiro atoms. The molecule has 1 aromatic carbocycles. The molecule has 0 atom stereocenters. The Bertz CT molecular complexity index is 355. The first-order valence-electron chi connectivity index (χ1n) is 4.82. The summed E-state index contributed by atoms with van der Waals surface area (Å²) in [6.45, 7) is 5.88. The van der Waals surface area contributed by atoms with Gasteiger partial charge in [0.2, 0.25) is 0 Å². The Balaban J connectivity index is 2.66. The van der Waals surface area contributed by atoms with E-state index in [1.54, 1.807) is 24.3 Å². The van der Waals surface area contributed by atoms with E-state index in [4.69, 9.17) is 5.73 Å². The maximum Gasteiger partial charge on any atom is 0.267 e. The quantitative estimate of drug-likeness (QED) is 0.506. The molecule has 0 bridgehead atoms. The number of nitrogen functional groups attached to an aromatic ring is 1. The number of benzene rings is 1. The lowest BCUT2D eigenvalue weighted by atomic mass is 10.1. The molecule has 1 amide bonds. The Hall–Kier alpha value is -1.55. The first-order chi connectivity index (χ1) is 6.90. The minimum Gasteiger partial charge on any atom is -0.398 e. The molecule has 4 nitrogen and oxygen atoms in total. The molecule has 0 saturated heterocycles. The van der Waals surface area contributed by atoms with Crippen LogP contribution in [-0.2, 0) is 0 Å². The van der Waals surface area contributed by atoms with Crippen molar-refractivity contribution in [3.8, 4) is 0 Å². The second kappa shape index (κ2) is 4.31. The lowest BCUT2D eigenvalue weighted by molar-refractivity contribution is 0.0915. The van der Waals surface area contributed by atoms with Crippen LogP contribution >= 0.6 is 0 Å². The Morgan fingerprint density at radius 2 is 1.87 bits per heavy atom. The fourth-order valence-corrected chi connectivity index (χ4v) is 1.02. The maximum atomic E-state index is 11.7. The van der Waals surface area contributed by atoms with E-state index in [1.165, 1.54) is 0 Å². The predicted molar refractivity (Wildman–Crippen MR) is 61.2 cm³/mol. The summed E-state index contributed by atoms with van der Waals surface area (Å²) in [6, 6.07) is 6.96. The van der Waals surface area contributed by atoms with Crippen molar-refractivity contribution < 1.29 is 4.79 Å². The molecule has 0 aliphatic rings. The average Bonchev–Trinajstić information content (AvgIpc) is 2.14. The van der Waals surface area contributed by atoms with Crippen LogP contribution in [0.15, 0.2) is 24.3 Å². The monoisotopic (exact) mass is 207 g/mol. The van der Waals surface area contributed by atoms with Gasteiger partial charge in [-0.2, -0.15) is 0 Å². The highest BCUT2D eigenvalue weighted by Gasteiger charge is 2.13. The third-order valence-electron chi connectivity index (χ3n) is 1.76. The number of rotatable bonds is 2. The zero-order chi connectivity index (χ0) is 11.5. The Kier molecular flexibility index (Phi) is 3.31. The Labute approximate surface area is 89.8 Å². The summed E-state index contributed by atoms with van der Waals surface area (Å²) in [5.74, 6) is -0.219. The van der Waals surface area contributed by atoms with E-state index < -0.39 is 0 Å². The van der Waals surface area contributed by atoms with Gasteiger partial charge in [0.05, 0.1) is 5.56 Å². The Morgan fingerprint density at radius 3 is 2.40 bits per heavy atom. The number of nitrogens with one attached hydrogen (secondary N) is 2. The van der Waals surface area contributed by atoms with Gasteiger partial charge in [-0.05, 0) is 32.9 Å². The van der Waals surface area contributed by atoms with Crippen molar-refractivity contribution in [2.24, 2.45) is 0 Å². The van der Waals surface area contributed by atoms with Crippen molar-refractivity contribution >= 4 is 11.6 Å². The molecule has 0 saturated carbocycles. The SMILES string of the molecule is CC(C)(C)NNC(=O)c1ccccc1N. The highest BCUT2D eigenvalue weighted by atomic mass is 16.2. The second-order valence-corrected chi connectivity index (χ2v) is 4.42. The van der Waals surface area contributed by atoms with Gasteiger partial charge in [0, 0.05) is 11.2 Å². The molecule has 1 aromatic rings. The summed E-state index contributed by atoms with van der Waals surface area (Å²) in [5.41, 5.74) is 12.0. The molecular formula is C11H17N3O. The summed E-state index contributed by atoms with van der Waals surface area (Å²) < 4.78 is 0. The fourth-order valence-electron chi connectivity index (χ4n) is 1.02. The van der Waals surface area contributed by atoms with Crippen molar-refractivity contribution in [2.75, 3.05) is 5.73 Å². The molecule has 0 unspecified atom stereocenters. The molecule has 0 heterocycles. The molecular weight excluding hydrogens is 190 g/mol. The van der Waals surface area contributed by atoms with Gasteiger partial charge in [-0.1, -0.05) is 12.1 Å². The third-order valence-corrected chi connectivity index (χ3v) is 1.76. The molecule has 82 valence electrons. The number of amides is 1. The molecule has 4 N–H and O–H groups in total. The standard InChI is InChI=1S/C11H17N3O/c1-11(2,3)14-13-10(15)8-6-4-5-7-9(8)12/h4-7,14H,12H2,1-3H3,(H,13,15). The number of hydrazine groups is 1. The smallest absolute Gasteiger partial charge is 0.267 e. The van der Waals surface area contributed by atoms with E-state index in [2.05, 4.69) is 10.9 Å². The van der Waals surface area contributed by atoms with Crippen molar-refractivity contribution in [3.05, 3.63) is 29.8 Å². The molecule has 0 radical (unpaired) electrons. The number of hydrogen-bond donors (Lipinski definition) is 3. The van der Waals surface area contributed by atoms with Crippen molar-refractivity contribution in [2.45, 2.75) is 26.3 Å². The molecule has 15 heavy (non-hydrogen) atoms. The van der Waals surface area contributed by atoms with Crippen LogP contribution in [0.5, 0.6) is 0 Å². The summed E-state index contributed by atoms with van der Waals surface area (Å²) in [5, 5.41) is 0. The average molecular weight is 207 g/mol. The third kappa shape index (κ3) is 3.59. The van der Waals surface area contributed by atoms with Crippen LogP contribution < -0.4 is 16.6 Å². The molecule has 0 aromatic heterocycles. The van der Waals surface area contributed by atoms with Gasteiger partial charge >= 0.3 is 0 Å². The van der Waals surface area contributed by atoms with Gasteiger partial charge in [0.25, 0.3) is 5.91 Å². The topological polar surface area (TPSA) is 67.1 Å². The highest BCUT2D eigenvalue weighted by molar-refractivity contribution is 5.98. The lowest BCUT2D eigenvalue weighted by Gasteiger charge is -2.21. The van der Waals surface area contributed by atoms with E-state index in [9.17, 15) is 4.79 Å². The normalized spacial score (nSPS) is 11.1. The second-order valence-electron chi connectivity index (χ2n) is 4.42. The summed E-state index contributed by atoms with van der Waals surface area (Å²) in [4.78, 5) is 11.7. The molecule has 4 heteroatoms. The summed E-state index contributed by atoms with van der Waals surface area (Å²) >= 11 is 0. The van der Waals surface area contributed by atoms with E-state index in [0.717, 1.165) is 0 Å². The van der Waals surface area contributed by atoms with Crippen molar-refractivity contribution in [1.29, 1.82) is 0 Å². The van der Waals surface area contributed by atoms with E-state index in [1.807, 2.05) is 20.8 Å². The maximum absolute atomic E-state index is 11.7. The van der Waals surface area contributed by atoms with Crippen LogP contribution in [-0.4, -0.2) is 11.4 Å². The zero-order valence-electron chi connectivity index (χ0n) is 9.29. The van der Waals surface area contributed by atoms with Gasteiger partial charge in [-0.25, -0.2) is 5.43 Å². The van der Waals surface area contributed by atoms with Crippen LogP contribution in [0.4, 0.5) is 5.69 Å². The highest BCUT2D eigenvalue weighted by Crippen LogP contribution is 2.09. The van der Waals surface area contributed by atoms with Gasteiger partial charge in [-0.15, -0.1) is 0 Å². The zero-order valence-corrected chi connectivity index (χ0v) is 9.29. The van der Waals surface area contributed by atoms with Gasteiger partial charge in [-0.3, -0.25) is 10.2 Å². The minimum atomic E-state index is -0.219. The number of carbonyl (C=O) groups excluding carboxylic acids is 1. The van der Waals surface area contributed by atoms with Crippen LogP contribution in [0.2, 0.25) is 0 Å². The number of nitrogens with two attached hydrogens (primary N) is 1. The van der Waals surface area contributed by atoms with Crippen molar-refractivity contribution in [3.63, 3.8) is 0 Å². The van der Waals surface area contributed by atoms with Crippen molar-refractivity contribution in [1.82, 2.24) is 10.9 Å². The first kappa shape index (κ1) is 11.5. The number of anilines is 1. The predicted octanol–water partition coefficient (Wildman–Crippen LogP) is 1.30. The Morgan fingerprint density at radius 1 is 1.27 bits per heavy atom. The van der Waals surface area contributed by atoms with Crippen LogP contribution in [0.25, 0.3) is 0 Å². The van der Waals surface area contributed by atoms with E-state index >= 15 is 0 Å². The van der Waals surface area contributed by atoms with E-state index in [-0.39, 0.29) is 11.4 Å². The number of carbonyl (C=O) groups is 1. The molecule has 0 aliphatic heterocycles. The van der Waals surface area contributed by atoms with Gasteiger partial charge in [0.1, 0.15) is 0 Å². The van der Waals surface area contributed by atoms with Crippen LogP contribution in [0, 0.1) is 0 Å². The van der Waals surface area contributed by atoms with E-state index in [0.29, 0.717) is 11.3 Å². The minimum absolute atomic E-state index is 0.167. The molecule has 1 rings (SSSR count). The van der Waals surface area contributed by atoms with Gasteiger partial charge < -0.3 is 5.73 Å². The largest absolute Gasteiger partial charge is 0.398 e. The van der Waals surface area contributed by atoms with Crippen LogP contribution in [0.1, 0.15) is 31.1 Å². The summed E-state index contributed by atoms with van der Waals surface area (Å²) in [7, 11) is 0. The number of para-hydroxylation sites is 1.